The highest BCUT2D eigenvalue weighted by Crippen LogP contribution is 2.21. The number of imide groups is 1. The topological polar surface area (TPSA) is 81.8 Å². The predicted octanol–water partition coefficient (Wildman–Crippen LogP) is 1.37. The van der Waals surface area contributed by atoms with E-state index in [1.54, 1.807) is 6.92 Å². The number of carbonyl (C=O) groups excluding carboxylic acids is 3. The molecule has 2 N–H and O–H groups in total. The van der Waals surface area contributed by atoms with Gasteiger partial charge >= 0.3 is 6.03 Å². The summed E-state index contributed by atoms with van der Waals surface area (Å²) in [5.74, 6) is -0.371. The third kappa shape index (κ3) is 3.87. The van der Waals surface area contributed by atoms with Crippen LogP contribution in [0, 0.1) is 0 Å². The van der Waals surface area contributed by atoms with Gasteiger partial charge in [-0.25, -0.2) is 4.79 Å². The lowest BCUT2D eigenvalue weighted by atomic mass is 9.96. The van der Waals surface area contributed by atoms with Gasteiger partial charge in [-0.05, 0) is 37.6 Å². The number of hydrogen-bond acceptors (Lipinski definition) is 4. The molecular weight excluding hydrogens is 344 g/mol. The number of amides is 4. The van der Waals surface area contributed by atoms with Crippen molar-refractivity contribution in [1.29, 1.82) is 0 Å². The van der Waals surface area contributed by atoms with Gasteiger partial charge in [-0.3, -0.25) is 14.9 Å². The number of urea groups is 1. The van der Waals surface area contributed by atoms with Crippen molar-refractivity contribution in [3.8, 4) is 0 Å². The molecule has 8 heteroatoms. The van der Waals surface area contributed by atoms with E-state index in [9.17, 15) is 14.4 Å². The van der Waals surface area contributed by atoms with Crippen LogP contribution in [0.2, 0.25) is 5.02 Å². The zero-order valence-electron chi connectivity index (χ0n) is 14.0. The van der Waals surface area contributed by atoms with Crippen molar-refractivity contribution >= 4 is 35.1 Å². The summed E-state index contributed by atoms with van der Waals surface area (Å²) in [5, 5.41) is 5.49. The van der Waals surface area contributed by atoms with Gasteiger partial charge in [0.25, 0.3) is 5.91 Å². The molecule has 1 unspecified atom stereocenters. The van der Waals surface area contributed by atoms with Gasteiger partial charge in [-0.2, -0.15) is 0 Å². The molecule has 0 aromatic heterocycles. The van der Waals surface area contributed by atoms with Gasteiger partial charge in [0.05, 0.1) is 0 Å². The Morgan fingerprint density at radius 3 is 2.36 bits per heavy atom. The van der Waals surface area contributed by atoms with Crippen LogP contribution in [0.4, 0.5) is 10.5 Å². The Hall–Kier alpha value is -2.28. The monoisotopic (exact) mass is 364 g/mol. The first kappa shape index (κ1) is 17.5. The minimum atomic E-state index is -1.00. The highest BCUT2D eigenvalue weighted by molar-refractivity contribution is 6.30. The second-order valence-corrected chi connectivity index (χ2v) is 7.02. The number of benzene rings is 1. The van der Waals surface area contributed by atoms with Crippen molar-refractivity contribution in [2.45, 2.75) is 25.3 Å². The van der Waals surface area contributed by atoms with Gasteiger partial charge in [-0.1, -0.05) is 11.6 Å². The van der Waals surface area contributed by atoms with Crippen molar-refractivity contribution < 1.29 is 14.4 Å². The number of nitrogens with zero attached hydrogens (tertiary/aromatic N) is 2. The maximum atomic E-state index is 12.4. The summed E-state index contributed by atoms with van der Waals surface area (Å²) in [6.45, 7) is 4.41. The van der Waals surface area contributed by atoms with Crippen molar-refractivity contribution in [1.82, 2.24) is 15.5 Å². The number of nitrogens with one attached hydrogen (secondary N) is 2. The lowest BCUT2D eigenvalue weighted by Crippen LogP contribution is -2.50. The van der Waals surface area contributed by atoms with Gasteiger partial charge in [0.1, 0.15) is 5.54 Å². The highest BCUT2D eigenvalue weighted by Gasteiger charge is 2.42. The number of carbonyl (C=O) groups is 3. The standard InChI is InChI=1S/C17H21ClN4O3/c1-17(15(24)19-16(25)20-17)7-6-14(23)22-10-8-21(9-11-22)13-4-2-12(18)3-5-13/h2-5H,6-11H2,1H3,(H2,19,20,24,25). The molecule has 1 atom stereocenters. The van der Waals surface area contributed by atoms with E-state index in [1.807, 2.05) is 29.2 Å². The molecule has 0 saturated carbocycles. The second kappa shape index (κ2) is 6.92. The van der Waals surface area contributed by atoms with Crippen molar-refractivity contribution in [2.75, 3.05) is 31.1 Å². The summed E-state index contributed by atoms with van der Waals surface area (Å²) in [5.41, 5.74) is 0.0899. The summed E-state index contributed by atoms with van der Waals surface area (Å²) >= 11 is 5.91. The molecule has 1 aromatic carbocycles. The van der Waals surface area contributed by atoms with Crippen LogP contribution in [0.15, 0.2) is 24.3 Å². The molecule has 2 saturated heterocycles. The summed E-state index contributed by atoms with van der Waals surface area (Å²) in [6, 6.07) is 7.16. The van der Waals surface area contributed by atoms with E-state index in [-0.39, 0.29) is 18.2 Å². The van der Waals surface area contributed by atoms with Crippen LogP contribution in [-0.4, -0.2) is 54.5 Å². The van der Waals surface area contributed by atoms with Crippen LogP contribution in [0.1, 0.15) is 19.8 Å². The number of piperazine rings is 1. The fourth-order valence-electron chi connectivity index (χ4n) is 3.14. The first-order valence-electron chi connectivity index (χ1n) is 8.29. The Kier molecular flexibility index (Phi) is 4.85. The van der Waals surface area contributed by atoms with Crippen LogP contribution >= 0.6 is 11.6 Å². The maximum Gasteiger partial charge on any atom is 0.322 e. The van der Waals surface area contributed by atoms with Crippen LogP contribution < -0.4 is 15.5 Å². The fraction of sp³-hybridized carbons (Fsp3) is 0.471. The molecule has 2 aliphatic rings. The van der Waals surface area contributed by atoms with E-state index in [0.717, 1.165) is 18.8 Å². The molecule has 2 fully saturated rings. The second-order valence-electron chi connectivity index (χ2n) is 6.58. The van der Waals surface area contributed by atoms with E-state index in [4.69, 9.17) is 11.6 Å². The fourth-order valence-corrected chi connectivity index (χ4v) is 3.26. The zero-order valence-corrected chi connectivity index (χ0v) is 14.8. The normalized spacial score (nSPS) is 23.4. The summed E-state index contributed by atoms with van der Waals surface area (Å²) < 4.78 is 0. The van der Waals surface area contributed by atoms with Crippen LogP contribution in [0.5, 0.6) is 0 Å². The molecule has 2 aliphatic heterocycles. The predicted molar refractivity (Wildman–Crippen MR) is 94.6 cm³/mol. The van der Waals surface area contributed by atoms with E-state index in [1.165, 1.54) is 0 Å². The van der Waals surface area contributed by atoms with Crippen LogP contribution in [0.3, 0.4) is 0 Å². The molecule has 7 nitrogen and oxygen atoms in total. The summed E-state index contributed by atoms with van der Waals surface area (Å²) in [4.78, 5) is 39.5. The molecule has 3 rings (SSSR count). The van der Waals surface area contributed by atoms with E-state index < -0.39 is 11.6 Å². The molecule has 0 spiro atoms. The molecule has 0 radical (unpaired) electrons. The molecule has 25 heavy (non-hydrogen) atoms. The van der Waals surface area contributed by atoms with Gasteiger partial charge in [0, 0.05) is 43.3 Å². The zero-order chi connectivity index (χ0) is 18.0. The Bertz CT molecular complexity index is 686. The Morgan fingerprint density at radius 2 is 1.80 bits per heavy atom. The molecule has 134 valence electrons. The third-order valence-electron chi connectivity index (χ3n) is 4.78. The Balaban J connectivity index is 1.49. The molecule has 1 aromatic rings. The summed E-state index contributed by atoms with van der Waals surface area (Å²) in [6.07, 6.45) is 0.520. The number of anilines is 1. The van der Waals surface area contributed by atoms with Crippen LogP contribution in [0.25, 0.3) is 0 Å². The lowest BCUT2D eigenvalue weighted by Gasteiger charge is -2.36. The molecule has 2 heterocycles. The number of rotatable bonds is 4. The van der Waals surface area contributed by atoms with E-state index in [2.05, 4.69) is 15.5 Å². The Morgan fingerprint density at radius 1 is 1.16 bits per heavy atom. The third-order valence-corrected chi connectivity index (χ3v) is 5.03. The first-order chi connectivity index (χ1) is 11.9. The van der Waals surface area contributed by atoms with Gasteiger partial charge in [-0.15, -0.1) is 0 Å². The molecule has 0 aliphatic carbocycles. The van der Waals surface area contributed by atoms with E-state index in [0.29, 0.717) is 24.5 Å². The first-order valence-corrected chi connectivity index (χ1v) is 8.67. The van der Waals surface area contributed by atoms with Gasteiger partial charge in [0.2, 0.25) is 5.91 Å². The highest BCUT2D eigenvalue weighted by atomic mass is 35.5. The minimum absolute atomic E-state index is 0.00549. The van der Waals surface area contributed by atoms with Gasteiger partial charge in [0.15, 0.2) is 0 Å². The number of halogens is 1. The van der Waals surface area contributed by atoms with Gasteiger partial charge < -0.3 is 15.1 Å². The lowest BCUT2D eigenvalue weighted by molar-refractivity contribution is -0.132. The molecule has 4 amide bonds. The SMILES string of the molecule is CC1(CCC(=O)N2CCN(c3ccc(Cl)cc3)CC2)NC(=O)NC1=O. The molecular formula is C17H21ClN4O3. The average Bonchev–Trinajstić information content (AvgIpc) is 2.86. The quantitative estimate of drug-likeness (QED) is 0.790. The maximum absolute atomic E-state index is 12.4. The summed E-state index contributed by atoms with van der Waals surface area (Å²) in [7, 11) is 0. The smallest absolute Gasteiger partial charge is 0.322 e. The van der Waals surface area contributed by atoms with Crippen molar-refractivity contribution in [3.05, 3.63) is 29.3 Å². The average molecular weight is 365 g/mol. The molecule has 0 bridgehead atoms. The van der Waals surface area contributed by atoms with E-state index >= 15 is 0 Å². The largest absolute Gasteiger partial charge is 0.368 e. The van der Waals surface area contributed by atoms with Crippen LogP contribution in [-0.2, 0) is 9.59 Å². The minimum Gasteiger partial charge on any atom is -0.368 e. The Labute approximate surface area is 151 Å². The van der Waals surface area contributed by atoms with Crippen molar-refractivity contribution in [2.24, 2.45) is 0 Å². The van der Waals surface area contributed by atoms with Crippen molar-refractivity contribution in [3.63, 3.8) is 0 Å². The number of hydrogen-bond donors (Lipinski definition) is 2.